The second kappa shape index (κ2) is 23.7. The quantitative estimate of drug-likeness (QED) is 0.0943. The number of hydrogen-bond acceptors (Lipinski definition) is 3. The highest BCUT2D eigenvalue weighted by molar-refractivity contribution is 5.81. The van der Waals surface area contributed by atoms with Crippen molar-refractivity contribution in [1.29, 1.82) is 0 Å². The Morgan fingerprint density at radius 3 is 1.84 bits per heavy atom. The Balaban J connectivity index is 4.03. The summed E-state index contributed by atoms with van der Waals surface area (Å²) >= 11 is 0. The van der Waals surface area contributed by atoms with Crippen molar-refractivity contribution >= 4 is 12.1 Å². The summed E-state index contributed by atoms with van der Waals surface area (Å²) in [6.45, 7) is 4.47. The van der Waals surface area contributed by atoms with Crippen molar-refractivity contribution < 1.29 is 14.7 Å². The predicted octanol–water partition coefficient (Wildman–Crippen LogP) is 8.13. The first-order valence-electron chi connectivity index (χ1n) is 13.4. The number of unbranched alkanes of at least 4 members (excludes halogenated alkanes) is 13. The topological polar surface area (TPSA) is 54.4 Å². The van der Waals surface area contributed by atoms with Gasteiger partial charge in [0.05, 0.1) is 6.10 Å². The number of rotatable bonds is 24. The van der Waals surface area contributed by atoms with E-state index >= 15 is 0 Å². The number of aliphatic hydroxyl groups is 1. The Hall–Kier alpha value is -0.960. The molecule has 0 amide bonds. The molecule has 0 spiro atoms. The van der Waals surface area contributed by atoms with E-state index < -0.39 is 6.10 Å². The number of aldehydes is 1. The van der Waals surface area contributed by atoms with Crippen LogP contribution >= 0.6 is 0 Å². The molecule has 31 heavy (non-hydrogen) atoms. The normalized spacial score (nSPS) is 13.5. The molecule has 0 aliphatic rings. The highest BCUT2D eigenvalue weighted by Crippen LogP contribution is 2.22. The number of ketones is 1. The summed E-state index contributed by atoms with van der Waals surface area (Å²) in [6.07, 6.45) is 26.2. The Bertz CT molecular complexity index is 430. The molecule has 0 radical (unpaired) electrons. The van der Waals surface area contributed by atoms with Crippen LogP contribution in [-0.2, 0) is 9.59 Å². The molecule has 0 saturated carbocycles. The third-order valence-electron chi connectivity index (χ3n) is 6.22. The van der Waals surface area contributed by atoms with Gasteiger partial charge in [0.25, 0.3) is 0 Å². The van der Waals surface area contributed by atoms with Gasteiger partial charge >= 0.3 is 0 Å². The molecule has 0 aliphatic carbocycles. The molecule has 0 aliphatic heterocycles. The third-order valence-corrected chi connectivity index (χ3v) is 6.22. The Morgan fingerprint density at radius 1 is 0.742 bits per heavy atom. The van der Waals surface area contributed by atoms with Crippen LogP contribution in [-0.4, -0.2) is 23.3 Å². The van der Waals surface area contributed by atoms with Crippen molar-refractivity contribution in [2.75, 3.05) is 0 Å². The highest BCUT2D eigenvalue weighted by Gasteiger charge is 2.21. The number of Topliss-reactive ketones (excluding diaryl/α,β-unsaturated/α-hetero) is 1. The predicted molar refractivity (Wildman–Crippen MR) is 133 cm³/mol. The van der Waals surface area contributed by atoms with Gasteiger partial charge in [0.2, 0.25) is 0 Å². The molecule has 0 aromatic carbocycles. The molecule has 0 saturated heterocycles. The molecule has 182 valence electrons. The van der Waals surface area contributed by atoms with Crippen LogP contribution in [0.4, 0.5) is 0 Å². The van der Waals surface area contributed by atoms with Gasteiger partial charge < -0.3 is 9.90 Å². The molecule has 3 heteroatoms. The SMILES string of the molecule is CCCCCCC=CCCCCCC(=O)C(CCCCCCCCC)CC(O)CC=O. The summed E-state index contributed by atoms with van der Waals surface area (Å²) in [4.78, 5) is 23.4. The Morgan fingerprint density at radius 2 is 1.26 bits per heavy atom. The number of carbonyl (C=O) groups is 2. The third kappa shape index (κ3) is 20.7. The Kier molecular flexibility index (Phi) is 23.0. The molecule has 0 aromatic rings. The van der Waals surface area contributed by atoms with E-state index in [1.807, 2.05) is 0 Å². The highest BCUT2D eigenvalue weighted by atomic mass is 16.3. The van der Waals surface area contributed by atoms with Gasteiger partial charge in [-0.1, -0.05) is 96.6 Å². The lowest BCUT2D eigenvalue weighted by Crippen LogP contribution is -2.21. The first kappa shape index (κ1) is 30.0. The lowest BCUT2D eigenvalue weighted by molar-refractivity contribution is -0.124. The van der Waals surface area contributed by atoms with Crippen molar-refractivity contribution in [2.24, 2.45) is 5.92 Å². The summed E-state index contributed by atoms with van der Waals surface area (Å²) in [6, 6.07) is 0. The molecule has 0 fully saturated rings. The molecular formula is C28H52O3. The zero-order chi connectivity index (χ0) is 23.0. The minimum atomic E-state index is -0.668. The second-order valence-corrected chi connectivity index (χ2v) is 9.29. The maximum Gasteiger partial charge on any atom is 0.136 e. The van der Waals surface area contributed by atoms with Gasteiger partial charge in [-0.2, -0.15) is 0 Å². The standard InChI is InChI=1S/C28H52O3/c1-3-5-7-9-11-12-13-14-16-18-20-22-28(31)26(25-27(30)23-24-29)21-19-17-15-10-8-6-4-2/h12-13,24,26-27,30H,3-11,14-23,25H2,1-2H3. The van der Waals surface area contributed by atoms with Crippen LogP contribution in [0.2, 0.25) is 0 Å². The second-order valence-electron chi connectivity index (χ2n) is 9.29. The molecule has 1 N–H and O–H groups in total. The fourth-order valence-electron chi connectivity index (χ4n) is 4.16. The van der Waals surface area contributed by atoms with Gasteiger partial charge in [0.1, 0.15) is 12.1 Å². The van der Waals surface area contributed by atoms with Gasteiger partial charge in [-0.05, 0) is 44.9 Å². The summed E-state index contributed by atoms with van der Waals surface area (Å²) in [5.41, 5.74) is 0. The first-order valence-corrected chi connectivity index (χ1v) is 13.4. The smallest absolute Gasteiger partial charge is 0.136 e. The maximum atomic E-state index is 12.7. The fraction of sp³-hybridized carbons (Fsp3) is 0.857. The molecule has 2 unspecified atom stereocenters. The average Bonchev–Trinajstić information content (AvgIpc) is 2.76. The zero-order valence-corrected chi connectivity index (χ0v) is 20.8. The van der Waals surface area contributed by atoms with Crippen LogP contribution in [0.25, 0.3) is 0 Å². The van der Waals surface area contributed by atoms with Crippen LogP contribution < -0.4 is 0 Å². The van der Waals surface area contributed by atoms with E-state index in [1.165, 1.54) is 70.6 Å². The van der Waals surface area contributed by atoms with Gasteiger partial charge in [0, 0.05) is 18.8 Å². The minimum Gasteiger partial charge on any atom is -0.393 e. The van der Waals surface area contributed by atoms with Crippen molar-refractivity contribution in [3.05, 3.63) is 12.2 Å². The van der Waals surface area contributed by atoms with Crippen molar-refractivity contribution in [2.45, 2.75) is 148 Å². The molecule has 2 atom stereocenters. The minimum absolute atomic E-state index is 0.0754. The molecule has 0 bridgehead atoms. The molecule has 0 rings (SSSR count). The van der Waals surface area contributed by atoms with Crippen LogP contribution in [0.3, 0.4) is 0 Å². The number of aliphatic hydroxyl groups excluding tert-OH is 1. The molecule has 0 heterocycles. The van der Waals surface area contributed by atoms with Gasteiger partial charge in [0.15, 0.2) is 0 Å². The molecule has 0 aromatic heterocycles. The molecule has 3 nitrogen and oxygen atoms in total. The number of carbonyl (C=O) groups excluding carboxylic acids is 2. The van der Waals surface area contributed by atoms with Crippen LogP contribution in [0.1, 0.15) is 142 Å². The van der Waals surface area contributed by atoms with Gasteiger partial charge in [-0.3, -0.25) is 4.79 Å². The zero-order valence-electron chi connectivity index (χ0n) is 20.8. The monoisotopic (exact) mass is 436 g/mol. The van der Waals surface area contributed by atoms with Crippen molar-refractivity contribution in [3.8, 4) is 0 Å². The van der Waals surface area contributed by atoms with E-state index in [9.17, 15) is 14.7 Å². The average molecular weight is 437 g/mol. The van der Waals surface area contributed by atoms with Crippen LogP contribution in [0.5, 0.6) is 0 Å². The largest absolute Gasteiger partial charge is 0.393 e. The lowest BCUT2D eigenvalue weighted by atomic mass is 9.88. The van der Waals surface area contributed by atoms with Crippen molar-refractivity contribution in [1.82, 2.24) is 0 Å². The van der Waals surface area contributed by atoms with E-state index in [4.69, 9.17) is 0 Å². The summed E-state index contributed by atoms with van der Waals surface area (Å²) < 4.78 is 0. The maximum absolute atomic E-state index is 12.7. The number of allylic oxidation sites excluding steroid dienone is 2. The lowest BCUT2D eigenvalue weighted by Gasteiger charge is -2.18. The van der Waals surface area contributed by atoms with Crippen molar-refractivity contribution in [3.63, 3.8) is 0 Å². The summed E-state index contributed by atoms with van der Waals surface area (Å²) in [5.74, 6) is 0.219. The van der Waals surface area contributed by atoms with E-state index in [1.54, 1.807) is 0 Å². The van der Waals surface area contributed by atoms with Gasteiger partial charge in [-0.15, -0.1) is 0 Å². The molecular weight excluding hydrogens is 384 g/mol. The van der Waals surface area contributed by atoms with Gasteiger partial charge in [-0.25, -0.2) is 0 Å². The van der Waals surface area contributed by atoms with Crippen LogP contribution in [0, 0.1) is 5.92 Å². The Labute approximate surface area is 193 Å². The number of hydrogen-bond donors (Lipinski definition) is 1. The summed E-state index contributed by atoms with van der Waals surface area (Å²) in [5, 5.41) is 10.0. The summed E-state index contributed by atoms with van der Waals surface area (Å²) in [7, 11) is 0. The van der Waals surface area contributed by atoms with E-state index in [2.05, 4.69) is 26.0 Å². The van der Waals surface area contributed by atoms with E-state index in [0.717, 1.165) is 44.8 Å². The van der Waals surface area contributed by atoms with E-state index in [0.29, 0.717) is 18.6 Å². The first-order chi connectivity index (χ1) is 15.2. The van der Waals surface area contributed by atoms with E-state index in [-0.39, 0.29) is 12.3 Å². The fourth-order valence-corrected chi connectivity index (χ4v) is 4.16. The van der Waals surface area contributed by atoms with Crippen LogP contribution in [0.15, 0.2) is 12.2 Å².